The lowest BCUT2D eigenvalue weighted by Gasteiger charge is -2.20. The van der Waals surface area contributed by atoms with E-state index in [1.54, 1.807) is 13.8 Å². The zero-order valence-electron chi connectivity index (χ0n) is 13.4. The van der Waals surface area contributed by atoms with Crippen LogP contribution in [0, 0.1) is 0 Å². The monoisotopic (exact) mass is 334 g/mol. The summed E-state index contributed by atoms with van der Waals surface area (Å²) in [4.78, 5) is 40.1. The number of cyclic esters (lactones) is 1. The van der Waals surface area contributed by atoms with E-state index in [-0.39, 0.29) is 35.9 Å². The van der Waals surface area contributed by atoms with Crippen LogP contribution >= 0.6 is 0 Å². The Morgan fingerprint density at radius 3 is 3.00 bits per heavy atom. The van der Waals surface area contributed by atoms with Crippen molar-refractivity contribution >= 4 is 17.6 Å². The number of ether oxygens (including phenoxy) is 2. The Labute approximate surface area is 136 Å². The molecule has 0 radical (unpaired) electrons. The van der Waals surface area contributed by atoms with E-state index in [2.05, 4.69) is 15.4 Å². The summed E-state index contributed by atoms with van der Waals surface area (Å²) in [5.41, 5.74) is -0.355. The summed E-state index contributed by atoms with van der Waals surface area (Å²) in [5.74, 6) is -0.881. The van der Waals surface area contributed by atoms with Crippen LogP contribution in [0.25, 0.3) is 5.65 Å². The van der Waals surface area contributed by atoms with Crippen molar-refractivity contribution in [2.75, 3.05) is 13.2 Å². The molecule has 1 aliphatic heterocycles. The van der Waals surface area contributed by atoms with Gasteiger partial charge in [-0.3, -0.25) is 20.0 Å². The molecule has 1 aliphatic rings. The number of hydrogen-bond acceptors (Lipinski definition) is 7. The fourth-order valence-corrected chi connectivity index (χ4v) is 2.53. The molecule has 0 aromatic carbocycles. The van der Waals surface area contributed by atoms with Gasteiger partial charge < -0.3 is 9.47 Å². The van der Waals surface area contributed by atoms with Crippen molar-refractivity contribution < 1.29 is 19.1 Å². The first-order chi connectivity index (χ1) is 11.4. The molecule has 2 aromatic rings. The second-order valence-corrected chi connectivity index (χ2v) is 5.72. The first-order valence-electron chi connectivity index (χ1n) is 7.64. The quantitative estimate of drug-likeness (QED) is 0.739. The molecular formula is C15H18N4O5. The highest BCUT2D eigenvalue weighted by molar-refractivity contribution is 5.95. The Balaban J connectivity index is 1.89. The summed E-state index contributed by atoms with van der Waals surface area (Å²) in [6.07, 6.45) is 1.93. The number of aromatic nitrogens is 3. The Morgan fingerprint density at radius 2 is 2.33 bits per heavy atom. The molecule has 1 fully saturated rings. The van der Waals surface area contributed by atoms with Gasteiger partial charge in [0.2, 0.25) is 0 Å². The Bertz CT molecular complexity index is 855. The van der Waals surface area contributed by atoms with Crippen molar-refractivity contribution in [3.05, 3.63) is 33.9 Å². The molecule has 0 aliphatic carbocycles. The van der Waals surface area contributed by atoms with E-state index >= 15 is 0 Å². The highest BCUT2D eigenvalue weighted by atomic mass is 16.5. The van der Waals surface area contributed by atoms with Gasteiger partial charge >= 0.3 is 11.9 Å². The van der Waals surface area contributed by atoms with Crippen LogP contribution in [0.4, 0.5) is 0 Å². The number of nitrogens with zero attached hydrogens (tertiary/aromatic N) is 2. The van der Waals surface area contributed by atoms with E-state index in [9.17, 15) is 14.4 Å². The number of fused-ring (bicyclic) bond motifs is 1. The Morgan fingerprint density at radius 1 is 1.54 bits per heavy atom. The number of carbonyl (C=O) groups is 2. The van der Waals surface area contributed by atoms with Crippen molar-refractivity contribution in [1.82, 2.24) is 19.9 Å². The van der Waals surface area contributed by atoms with Crippen LogP contribution in [-0.2, 0) is 20.8 Å². The molecular weight excluding hydrogens is 316 g/mol. The maximum atomic E-state index is 12.2. The van der Waals surface area contributed by atoms with Gasteiger partial charge in [-0.25, -0.2) is 14.3 Å². The van der Waals surface area contributed by atoms with Crippen LogP contribution in [0.5, 0.6) is 0 Å². The van der Waals surface area contributed by atoms with E-state index in [0.29, 0.717) is 18.7 Å². The average Bonchev–Trinajstić information content (AvgIpc) is 3.11. The van der Waals surface area contributed by atoms with Crippen LogP contribution < -0.4 is 10.9 Å². The largest absolute Gasteiger partial charge is 0.464 e. The zero-order valence-corrected chi connectivity index (χ0v) is 13.4. The third-order valence-electron chi connectivity index (χ3n) is 3.99. The first-order valence-corrected chi connectivity index (χ1v) is 7.64. The Kier molecular flexibility index (Phi) is 4.10. The van der Waals surface area contributed by atoms with Gasteiger partial charge in [-0.2, -0.15) is 0 Å². The van der Waals surface area contributed by atoms with E-state index in [4.69, 9.17) is 9.47 Å². The highest BCUT2D eigenvalue weighted by Crippen LogP contribution is 2.19. The number of nitrogens with one attached hydrogen (secondary N) is 2. The molecule has 9 nitrogen and oxygen atoms in total. The lowest BCUT2D eigenvalue weighted by atomic mass is 10.0. The van der Waals surface area contributed by atoms with Crippen molar-refractivity contribution in [1.29, 1.82) is 0 Å². The maximum Gasteiger partial charge on any atom is 0.343 e. The minimum atomic E-state index is -0.797. The number of rotatable bonds is 5. The third kappa shape index (κ3) is 2.78. The van der Waals surface area contributed by atoms with E-state index in [1.165, 1.54) is 16.8 Å². The van der Waals surface area contributed by atoms with Gasteiger partial charge in [0.25, 0.3) is 5.56 Å². The molecule has 1 saturated heterocycles. The number of esters is 2. The predicted octanol–water partition coefficient (Wildman–Crippen LogP) is -0.00550. The molecule has 24 heavy (non-hydrogen) atoms. The minimum Gasteiger partial charge on any atom is -0.464 e. The molecule has 3 rings (SSSR count). The zero-order chi connectivity index (χ0) is 17.3. The van der Waals surface area contributed by atoms with E-state index in [0.717, 1.165) is 0 Å². The van der Waals surface area contributed by atoms with Gasteiger partial charge in [0, 0.05) is 25.2 Å². The fraction of sp³-hybridized carbons (Fsp3) is 0.467. The molecule has 2 aromatic heterocycles. The number of H-pyrrole nitrogens is 1. The SMILES string of the molecule is CCOC(=O)c1c[nH]n2c(=O)cc(CNC3(C)CCOC3=O)nc12. The molecule has 1 atom stereocenters. The summed E-state index contributed by atoms with van der Waals surface area (Å²) in [6.45, 7) is 4.23. The van der Waals surface area contributed by atoms with Crippen LogP contribution in [0.15, 0.2) is 17.1 Å². The fourth-order valence-electron chi connectivity index (χ4n) is 2.53. The van der Waals surface area contributed by atoms with Crippen molar-refractivity contribution in [3.63, 3.8) is 0 Å². The number of carbonyl (C=O) groups excluding carboxylic acids is 2. The summed E-state index contributed by atoms with van der Waals surface area (Å²) < 4.78 is 11.1. The second-order valence-electron chi connectivity index (χ2n) is 5.72. The van der Waals surface area contributed by atoms with E-state index < -0.39 is 11.5 Å². The first kappa shape index (κ1) is 16.2. The van der Waals surface area contributed by atoms with Gasteiger partial charge in [0.05, 0.1) is 18.9 Å². The predicted molar refractivity (Wildman–Crippen MR) is 82.6 cm³/mol. The lowest BCUT2D eigenvalue weighted by molar-refractivity contribution is -0.143. The van der Waals surface area contributed by atoms with Crippen LogP contribution in [-0.4, -0.2) is 45.3 Å². The lowest BCUT2D eigenvalue weighted by Crippen LogP contribution is -2.46. The van der Waals surface area contributed by atoms with Gasteiger partial charge in [-0.1, -0.05) is 0 Å². The molecule has 2 N–H and O–H groups in total. The van der Waals surface area contributed by atoms with Crippen molar-refractivity contribution in [2.45, 2.75) is 32.4 Å². The smallest absolute Gasteiger partial charge is 0.343 e. The minimum absolute atomic E-state index is 0.183. The Hall–Kier alpha value is -2.68. The second kappa shape index (κ2) is 6.08. The highest BCUT2D eigenvalue weighted by Gasteiger charge is 2.39. The van der Waals surface area contributed by atoms with Gasteiger partial charge in [-0.05, 0) is 13.8 Å². The molecule has 0 spiro atoms. The molecule has 0 bridgehead atoms. The summed E-state index contributed by atoms with van der Waals surface area (Å²) >= 11 is 0. The summed E-state index contributed by atoms with van der Waals surface area (Å²) in [6, 6.07) is 1.34. The summed E-state index contributed by atoms with van der Waals surface area (Å²) in [7, 11) is 0. The molecule has 1 unspecified atom stereocenters. The molecule has 9 heteroatoms. The van der Waals surface area contributed by atoms with E-state index in [1.807, 2.05) is 0 Å². The van der Waals surface area contributed by atoms with Crippen LogP contribution in [0.3, 0.4) is 0 Å². The van der Waals surface area contributed by atoms with Crippen molar-refractivity contribution in [3.8, 4) is 0 Å². The molecule has 3 heterocycles. The topological polar surface area (TPSA) is 115 Å². The standard InChI is InChI=1S/C15H18N4O5/c1-3-23-13(21)10-8-17-19-11(20)6-9(18-12(10)19)7-16-15(2)4-5-24-14(15)22/h6,8,16-17H,3-5,7H2,1-2H3. The average molecular weight is 334 g/mol. The molecule has 128 valence electrons. The van der Waals surface area contributed by atoms with Crippen molar-refractivity contribution in [2.24, 2.45) is 0 Å². The molecule has 0 amide bonds. The van der Waals surface area contributed by atoms with Gasteiger partial charge in [0.1, 0.15) is 11.1 Å². The number of aromatic amines is 1. The van der Waals surface area contributed by atoms with Gasteiger partial charge in [0.15, 0.2) is 5.65 Å². The normalized spacial score (nSPS) is 20.3. The maximum absolute atomic E-state index is 12.2. The summed E-state index contributed by atoms with van der Waals surface area (Å²) in [5, 5.41) is 5.75. The number of hydrogen-bond donors (Lipinski definition) is 2. The van der Waals surface area contributed by atoms with Gasteiger partial charge in [-0.15, -0.1) is 0 Å². The van der Waals surface area contributed by atoms with Crippen LogP contribution in [0.1, 0.15) is 36.3 Å². The third-order valence-corrected chi connectivity index (χ3v) is 3.99. The molecule has 0 saturated carbocycles. The van der Waals surface area contributed by atoms with Crippen LogP contribution in [0.2, 0.25) is 0 Å².